The number of Topliss-reactive ketones (excluding diaryl/α,β-unsaturated/α-hetero) is 2. The van der Waals surface area contributed by atoms with E-state index < -0.39 is 12.2 Å². The quantitative estimate of drug-likeness (QED) is 0.0590. The monoisotopic (exact) mass is 646 g/mol. The summed E-state index contributed by atoms with van der Waals surface area (Å²) < 4.78 is 0.261. The van der Waals surface area contributed by atoms with Crippen LogP contribution in [0.25, 0.3) is 0 Å². The van der Waals surface area contributed by atoms with E-state index in [9.17, 15) is 19.8 Å². The first kappa shape index (κ1) is 45.6. The van der Waals surface area contributed by atoms with E-state index in [1.165, 1.54) is 128 Å². The lowest BCUT2D eigenvalue weighted by Gasteiger charge is -2.33. The second-order valence-electron chi connectivity index (χ2n) is 14.3. The number of hydrogen-bond acceptors (Lipinski definition) is 4. The highest BCUT2D eigenvalue weighted by Gasteiger charge is 2.30. The topological polar surface area (TPSA) is 74.6 Å². The zero-order chi connectivity index (χ0) is 32.0. The molecule has 0 amide bonds. The number of hydrogen-bond donors (Lipinski definition) is 2. The Kier molecular flexibility index (Phi) is 33.7. The van der Waals surface area contributed by atoms with Crippen molar-refractivity contribution in [3.63, 3.8) is 0 Å². The molecule has 5 nitrogen and oxygen atoms in total. The number of quaternary nitrogens is 1. The van der Waals surface area contributed by atoms with Crippen molar-refractivity contribution >= 4 is 11.6 Å². The van der Waals surface area contributed by atoms with Crippen LogP contribution in [0.4, 0.5) is 0 Å². The number of halogens is 1. The number of rotatable bonds is 34. The summed E-state index contributed by atoms with van der Waals surface area (Å²) in [7, 11) is 3.76. The van der Waals surface area contributed by atoms with Gasteiger partial charge >= 0.3 is 0 Å². The van der Waals surface area contributed by atoms with Gasteiger partial charge in [0.25, 0.3) is 0 Å². The zero-order valence-electron chi connectivity index (χ0n) is 29.9. The van der Waals surface area contributed by atoms with Crippen molar-refractivity contribution < 1.29 is 36.7 Å². The molecule has 0 saturated carbocycles. The van der Waals surface area contributed by atoms with Crippen molar-refractivity contribution in [1.82, 2.24) is 0 Å². The van der Waals surface area contributed by atoms with Gasteiger partial charge in [-0.2, -0.15) is 0 Å². The fourth-order valence-corrected chi connectivity index (χ4v) is 6.18. The molecule has 0 spiro atoms. The Hall–Kier alpha value is -0.490. The highest BCUT2D eigenvalue weighted by Crippen LogP contribution is 2.16. The van der Waals surface area contributed by atoms with E-state index in [4.69, 9.17) is 0 Å². The lowest BCUT2D eigenvalue weighted by Crippen LogP contribution is -3.00. The number of carbonyl (C=O) groups excluding carboxylic acids is 2. The van der Waals surface area contributed by atoms with Crippen LogP contribution >= 0.6 is 0 Å². The van der Waals surface area contributed by atoms with Crippen molar-refractivity contribution in [2.75, 3.05) is 27.2 Å². The van der Waals surface area contributed by atoms with E-state index >= 15 is 0 Å². The molecular formula is C38H76ClNO4. The maximum absolute atomic E-state index is 12.5. The number of aliphatic hydroxyl groups excluding tert-OH is 2. The van der Waals surface area contributed by atoms with Crippen molar-refractivity contribution in [1.29, 1.82) is 0 Å². The fourth-order valence-electron chi connectivity index (χ4n) is 6.18. The minimum atomic E-state index is -1.03. The number of carbonyl (C=O) groups is 2. The van der Waals surface area contributed by atoms with Crippen molar-refractivity contribution in [3.8, 4) is 0 Å². The van der Waals surface area contributed by atoms with Crippen LogP contribution in [0.2, 0.25) is 0 Å². The minimum Gasteiger partial charge on any atom is -1.00 e. The van der Waals surface area contributed by atoms with Crippen molar-refractivity contribution in [2.45, 2.75) is 206 Å². The molecule has 0 aliphatic carbocycles. The largest absolute Gasteiger partial charge is 1.00 e. The molecule has 2 N–H and O–H groups in total. The van der Waals surface area contributed by atoms with E-state index in [0.29, 0.717) is 12.8 Å². The summed E-state index contributed by atoms with van der Waals surface area (Å²) in [5.74, 6) is -0.218. The maximum atomic E-state index is 12.5. The van der Waals surface area contributed by atoms with Crippen LogP contribution in [0.1, 0.15) is 194 Å². The number of nitrogens with zero attached hydrogens (tertiary/aromatic N) is 1. The average molecular weight is 646 g/mol. The third kappa shape index (κ3) is 30.2. The molecule has 0 aromatic carbocycles. The van der Waals surface area contributed by atoms with Crippen molar-refractivity contribution in [3.05, 3.63) is 0 Å². The summed E-state index contributed by atoms with van der Waals surface area (Å²) in [5, 5.41) is 21.0. The van der Waals surface area contributed by atoms with E-state index in [2.05, 4.69) is 13.8 Å². The van der Waals surface area contributed by atoms with Gasteiger partial charge in [0.15, 0.2) is 23.8 Å². The fraction of sp³-hybridized carbons (Fsp3) is 0.947. The predicted molar refractivity (Wildman–Crippen MR) is 184 cm³/mol. The first-order chi connectivity index (χ1) is 20.7. The third-order valence-electron chi connectivity index (χ3n) is 9.13. The Morgan fingerprint density at radius 2 is 0.636 bits per heavy atom. The molecule has 2 atom stereocenters. The Morgan fingerprint density at radius 1 is 0.432 bits per heavy atom. The van der Waals surface area contributed by atoms with Gasteiger partial charge in [-0.15, -0.1) is 0 Å². The number of aliphatic hydroxyl groups is 2. The molecule has 264 valence electrons. The molecule has 0 aliphatic rings. The van der Waals surface area contributed by atoms with Crippen LogP contribution in [0.5, 0.6) is 0 Å². The number of likely N-dealkylation sites (N-methyl/N-ethyl adjacent to an activating group) is 1. The Bertz CT molecular complexity index is 590. The lowest BCUT2D eigenvalue weighted by molar-refractivity contribution is -0.894. The van der Waals surface area contributed by atoms with Gasteiger partial charge in [-0.3, -0.25) is 9.59 Å². The molecule has 0 bridgehead atoms. The molecule has 0 saturated heterocycles. The van der Waals surface area contributed by atoms with Crippen molar-refractivity contribution in [2.24, 2.45) is 0 Å². The average Bonchev–Trinajstić information content (AvgIpc) is 2.97. The van der Waals surface area contributed by atoms with Gasteiger partial charge in [0, 0.05) is 12.8 Å². The SMILES string of the molecule is CCCCCCCCCCCCCCCC(=O)C(O)C[N+](C)(C)CC(O)C(=O)CCCCCCCCCCCCCCC.[Cl-]. The van der Waals surface area contributed by atoms with Gasteiger partial charge in [0.05, 0.1) is 14.1 Å². The summed E-state index contributed by atoms with van der Waals surface area (Å²) in [6.45, 7) is 5.00. The number of unbranched alkanes of at least 4 members (excludes halogenated alkanes) is 24. The van der Waals surface area contributed by atoms with Crippen LogP contribution < -0.4 is 12.4 Å². The highest BCUT2D eigenvalue weighted by molar-refractivity contribution is 5.83. The van der Waals surface area contributed by atoms with Crippen LogP contribution in [0, 0.1) is 0 Å². The third-order valence-corrected chi connectivity index (χ3v) is 9.13. The molecule has 0 heterocycles. The Labute approximate surface area is 280 Å². The highest BCUT2D eigenvalue weighted by atomic mass is 35.5. The molecule has 44 heavy (non-hydrogen) atoms. The van der Waals surface area contributed by atoms with Gasteiger partial charge in [0.2, 0.25) is 0 Å². The summed E-state index contributed by atoms with van der Waals surface area (Å²) in [5.41, 5.74) is 0. The van der Waals surface area contributed by atoms with Crippen LogP contribution in [0.15, 0.2) is 0 Å². The van der Waals surface area contributed by atoms with Crippen LogP contribution in [-0.4, -0.2) is 65.7 Å². The summed E-state index contributed by atoms with van der Waals surface area (Å²) in [4.78, 5) is 25.0. The minimum absolute atomic E-state index is 0. The standard InChI is InChI=1S/C38H76NO4.ClH/c1-5-7-9-11-13-15-17-19-21-23-25-27-29-31-35(40)37(42)33-39(3,4)34-38(43)36(41)32-30-28-26-24-22-20-18-16-14-12-10-8-6-2;/h37-38,42-43H,5-34H2,1-4H3;1H/q+1;/p-1. The molecule has 2 unspecified atom stereocenters. The molecule has 0 aromatic rings. The van der Waals surface area contributed by atoms with Crippen LogP contribution in [-0.2, 0) is 9.59 Å². The smallest absolute Gasteiger partial charge is 0.167 e. The summed E-state index contributed by atoms with van der Waals surface area (Å²) in [6, 6.07) is 0. The molecule has 0 aliphatic heterocycles. The number of ketones is 2. The van der Waals surface area contributed by atoms with Crippen LogP contribution in [0.3, 0.4) is 0 Å². The van der Waals surface area contributed by atoms with E-state index in [0.717, 1.165) is 38.5 Å². The van der Waals surface area contributed by atoms with E-state index in [1.807, 2.05) is 14.1 Å². The zero-order valence-corrected chi connectivity index (χ0v) is 30.7. The molecule has 0 radical (unpaired) electrons. The summed E-state index contributed by atoms with van der Waals surface area (Å²) >= 11 is 0. The summed E-state index contributed by atoms with van der Waals surface area (Å²) in [6.07, 6.45) is 31.7. The molecular weight excluding hydrogens is 570 g/mol. The van der Waals surface area contributed by atoms with Gasteiger partial charge in [-0.05, 0) is 12.8 Å². The molecule has 0 fully saturated rings. The molecule has 0 rings (SSSR count). The predicted octanol–water partition coefficient (Wildman–Crippen LogP) is 6.89. The molecule has 0 aromatic heterocycles. The Morgan fingerprint density at radius 3 is 0.864 bits per heavy atom. The van der Waals surface area contributed by atoms with Gasteiger partial charge < -0.3 is 27.1 Å². The van der Waals surface area contributed by atoms with E-state index in [1.54, 1.807) is 0 Å². The first-order valence-corrected chi connectivity index (χ1v) is 19.0. The second kappa shape index (κ2) is 32.5. The maximum Gasteiger partial charge on any atom is 0.167 e. The molecule has 6 heteroatoms. The lowest BCUT2D eigenvalue weighted by atomic mass is 10.0. The second-order valence-corrected chi connectivity index (χ2v) is 14.3. The van der Waals surface area contributed by atoms with Gasteiger partial charge in [0.1, 0.15) is 13.1 Å². The normalized spacial score (nSPS) is 13.0. The van der Waals surface area contributed by atoms with Gasteiger partial charge in [-0.1, -0.05) is 168 Å². The van der Waals surface area contributed by atoms with E-state index in [-0.39, 0.29) is 41.5 Å². The first-order valence-electron chi connectivity index (χ1n) is 19.0. The Balaban J connectivity index is 0. The van der Waals surface area contributed by atoms with Gasteiger partial charge in [-0.25, -0.2) is 0 Å².